The van der Waals surface area contributed by atoms with Crippen molar-refractivity contribution in [3.63, 3.8) is 0 Å². The molecule has 0 atom stereocenters. The van der Waals surface area contributed by atoms with Gasteiger partial charge in [0.05, 0.1) is 5.75 Å². The Hall–Kier alpha value is -0.130. The molecule has 0 aromatic carbocycles. The Labute approximate surface area is 56.1 Å². The van der Waals surface area contributed by atoms with Crippen molar-refractivity contribution >= 4 is 34.1 Å². The molecular formula is C3H4N2OS2. The summed E-state index contributed by atoms with van der Waals surface area (Å²) >= 11 is 6.12. The molecule has 0 amide bonds. The first-order valence-corrected chi connectivity index (χ1v) is 3.37. The lowest BCUT2D eigenvalue weighted by molar-refractivity contribution is 0.234. The Morgan fingerprint density at radius 1 is 1.88 bits per heavy atom. The van der Waals surface area contributed by atoms with E-state index >= 15 is 0 Å². The van der Waals surface area contributed by atoms with Crippen molar-refractivity contribution in [3.8, 4) is 0 Å². The summed E-state index contributed by atoms with van der Waals surface area (Å²) in [5, 5.41) is 8.23. The number of hydroxylamine groups is 1. The van der Waals surface area contributed by atoms with E-state index in [0.29, 0.717) is 15.9 Å². The molecule has 1 rings (SSSR count). The van der Waals surface area contributed by atoms with Crippen molar-refractivity contribution in [3.05, 3.63) is 0 Å². The van der Waals surface area contributed by atoms with E-state index in [2.05, 4.69) is 17.2 Å². The summed E-state index contributed by atoms with van der Waals surface area (Å²) in [6, 6.07) is 0. The number of hydrogen-bond acceptors (Lipinski definition) is 4. The first kappa shape index (κ1) is 6.00. The molecule has 5 heteroatoms. The standard InChI is InChI=1S/C3H4N2OS2/c6-5-2-1-8-3(7)4-2/h6H,1H2,(H,4,5,7). The minimum atomic E-state index is 0.542. The van der Waals surface area contributed by atoms with Crippen LogP contribution in [0.5, 0.6) is 0 Å². The van der Waals surface area contributed by atoms with Crippen LogP contribution in [0.3, 0.4) is 0 Å². The van der Waals surface area contributed by atoms with Crippen LogP contribution in [0.4, 0.5) is 0 Å². The van der Waals surface area contributed by atoms with Crippen LogP contribution >= 0.6 is 24.0 Å². The van der Waals surface area contributed by atoms with E-state index in [1.54, 1.807) is 0 Å². The van der Waals surface area contributed by atoms with Gasteiger partial charge in [0, 0.05) is 0 Å². The molecule has 1 aliphatic heterocycles. The molecule has 8 heavy (non-hydrogen) atoms. The quantitative estimate of drug-likeness (QED) is 0.385. The fourth-order valence-corrected chi connectivity index (χ4v) is 1.21. The zero-order valence-electron chi connectivity index (χ0n) is 3.92. The maximum Gasteiger partial charge on any atom is 0.162 e. The number of amidine groups is 1. The predicted molar refractivity (Wildman–Crippen MR) is 37.4 cm³/mol. The summed E-state index contributed by atoms with van der Waals surface area (Å²) in [6.45, 7) is 0. The van der Waals surface area contributed by atoms with Gasteiger partial charge in [-0.1, -0.05) is 24.0 Å². The molecule has 44 valence electrons. The summed E-state index contributed by atoms with van der Waals surface area (Å²) in [5.41, 5.74) is 1.94. The van der Waals surface area contributed by atoms with E-state index in [1.807, 2.05) is 5.48 Å². The maximum absolute atomic E-state index is 8.23. The van der Waals surface area contributed by atoms with E-state index in [1.165, 1.54) is 11.8 Å². The molecule has 1 aliphatic rings. The summed E-state index contributed by atoms with van der Waals surface area (Å²) in [4.78, 5) is 3.76. The van der Waals surface area contributed by atoms with Gasteiger partial charge >= 0.3 is 0 Å². The molecule has 0 bridgehead atoms. The first-order chi connectivity index (χ1) is 3.83. The second kappa shape index (κ2) is 2.43. The summed E-state index contributed by atoms with van der Waals surface area (Å²) < 4.78 is 0.585. The van der Waals surface area contributed by atoms with E-state index < -0.39 is 0 Å². The van der Waals surface area contributed by atoms with Crippen LogP contribution in [0, 0.1) is 0 Å². The van der Waals surface area contributed by atoms with Gasteiger partial charge < -0.3 is 0 Å². The van der Waals surface area contributed by atoms with Gasteiger partial charge in [0.2, 0.25) is 0 Å². The summed E-state index contributed by atoms with van der Waals surface area (Å²) in [5.74, 6) is 1.20. The molecule has 0 aromatic heterocycles. The largest absolute Gasteiger partial charge is 0.290 e. The third kappa shape index (κ3) is 1.18. The zero-order valence-corrected chi connectivity index (χ0v) is 5.55. The van der Waals surface area contributed by atoms with Gasteiger partial charge in [-0.25, -0.2) is 4.99 Å². The molecule has 0 saturated carbocycles. The molecule has 0 unspecified atom stereocenters. The van der Waals surface area contributed by atoms with Crippen molar-refractivity contribution in [1.29, 1.82) is 0 Å². The highest BCUT2D eigenvalue weighted by Gasteiger charge is 2.08. The zero-order chi connectivity index (χ0) is 5.98. The SMILES string of the molecule is ONC1=NC(=S)SC1. The lowest BCUT2D eigenvalue weighted by atomic mass is 10.7. The van der Waals surface area contributed by atoms with E-state index in [-0.39, 0.29) is 0 Å². The third-order valence-electron chi connectivity index (χ3n) is 0.688. The monoisotopic (exact) mass is 148 g/mol. The number of aliphatic imine (C=N–C) groups is 1. The van der Waals surface area contributed by atoms with Crippen molar-refractivity contribution in [1.82, 2.24) is 5.48 Å². The predicted octanol–water partition coefficient (Wildman–Crippen LogP) is 0.395. The Morgan fingerprint density at radius 3 is 2.88 bits per heavy atom. The molecule has 0 aliphatic carbocycles. The Bertz CT molecular complexity index is 144. The van der Waals surface area contributed by atoms with Gasteiger partial charge in [-0.05, 0) is 0 Å². The highest BCUT2D eigenvalue weighted by Crippen LogP contribution is 2.11. The highest BCUT2D eigenvalue weighted by molar-refractivity contribution is 8.23. The fourth-order valence-electron chi connectivity index (χ4n) is 0.362. The number of thioether (sulfide) groups is 1. The molecule has 3 nitrogen and oxygen atoms in total. The van der Waals surface area contributed by atoms with Crippen molar-refractivity contribution in [2.75, 3.05) is 5.75 Å². The summed E-state index contributed by atoms with van der Waals surface area (Å²) in [7, 11) is 0. The highest BCUT2D eigenvalue weighted by atomic mass is 32.2. The van der Waals surface area contributed by atoms with Gasteiger partial charge in [0.1, 0.15) is 5.84 Å². The number of rotatable bonds is 0. The van der Waals surface area contributed by atoms with Crippen molar-refractivity contribution in [2.24, 2.45) is 4.99 Å². The van der Waals surface area contributed by atoms with Crippen LogP contribution in [0.15, 0.2) is 4.99 Å². The minimum Gasteiger partial charge on any atom is -0.290 e. The average Bonchev–Trinajstić information content (AvgIpc) is 2.14. The molecule has 0 spiro atoms. The van der Waals surface area contributed by atoms with Gasteiger partial charge in [-0.15, -0.1) is 0 Å². The van der Waals surface area contributed by atoms with Crippen LogP contribution in [0.1, 0.15) is 0 Å². The molecule has 1 heterocycles. The van der Waals surface area contributed by atoms with E-state index in [4.69, 9.17) is 5.21 Å². The molecule has 2 N–H and O–H groups in total. The lowest BCUT2D eigenvalue weighted by Gasteiger charge is -1.88. The molecule has 0 aromatic rings. The van der Waals surface area contributed by atoms with E-state index in [9.17, 15) is 0 Å². The van der Waals surface area contributed by atoms with E-state index in [0.717, 1.165) is 0 Å². The Morgan fingerprint density at radius 2 is 2.62 bits per heavy atom. The smallest absolute Gasteiger partial charge is 0.162 e. The number of hydrogen-bond donors (Lipinski definition) is 2. The van der Waals surface area contributed by atoms with Crippen LogP contribution < -0.4 is 5.48 Å². The van der Waals surface area contributed by atoms with Crippen LogP contribution in [-0.2, 0) is 0 Å². The third-order valence-corrected chi connectivity index (χ3v) is 1.89. The number of thiocarbonyl (C=S) groups is 1. The van der Waals surface area contributed by atoms with Gasteiger partial charge in [0.25, 0.3) is 0 Å². The van der Waals surface area contributed by atoms with Crippen LogP contribution in [-0.4, -0.2) is 21.1 Å². The Balaban J connectivity index is 2.57. The molecule has 0 saturated heterocycles. The molecular weight excluding hydrogens is 144 g/mol. The van der Waals surface area contributed by atoms with Gasteiger partial charge in [0.15, 0.2) is 4.32 Å². The molecule has 0 radical (unpaired) electrons. The second-order valence-corrected chi connectivity index (χ2v) is 2.83. The van der Waals surface area contributed by atoms with Crippen LogP contribution in [0.25, 0.3) is 0 Å². The second-order valence-electron chi connectivity index (χ2n) is 1.22. The maximum atomic E-state index is 8.23. The normalized spacial score (nSPS) is 18.6. The van der Waals surface area contributed by atoms with Gasteiger partial charge in [-0.3, -0.25) is 10.7 Å². The van der Waals surface area contributed by atoms with Gasteiger partial charge in [-0.2, -0.15) is 0 Å². The van der Waals surface area contributed by atoms with Crippen molar-refractivity contribution < 1.29 is 5.21 Å². The minimum absolute atomic E-state index is 0.542. The number of nitrogens with one attached hydrogen (secondary N) is 1. The van der Waals surface area contributed by atoms with Crippen molar-refractivity contribution in [2.45, 2.75) is 0 Å². The molecule has 0 fully saturated rings. The van der Waals surface area contributed by atoms with Crippen LogP contribution in [0.2, 0.25) is 0 Å². The topological polar surface area (TPSA) is 44.6 Å². The summed E-state index contributed by atoms with van der Waals surface area (Å²) in [6.07, 6.45) is 0. The first-order valence-electron chi connectivity index (χ1n) is 1.97. The number of nitrogens with zero attached hydrogens (tertiary/aromatic N) is 1. The fraction of sp³-hybridized carbons (Fsp3) is 0.333. The Kier molecular flexibility index (Phi) is 1.82. The average molecular weight is 148 g/mol. The lowest BCUT2D eigenvalue weighted by Crippen LogP contribution is -2.18.